The molecule has 2 aromatic heterocycles. The molecule has 1 unspecified atom stereocenters. The van der Waals surface area contributed by atoms with Gasteiger partial charge in [0, 0.05) is 55.1 Å². The van der Waals surface area contributed by atoms with Crippen molar-refractivity contribution in [2.45, 2.75) is 57.8 Å². The lowest BCUT2D eigenvalue weighted by atomic mass is 9.87. The number of ether oxygens (including phenoxy) is 1. The molecule has 3 N–H and O–H groups in total. The van der Waals surface area contributed by atoms with Crippen molar-refractivity contribution in [3.63, 3.8) is 0 Å². The fourth-order valence-corrected chi connectivity index (χ4v) is 6.11. The first-order valence-electron chi connectivity index (χ1n) is 13.0. The summed E-state index contributed by atoms with van der Waals surface area (Å²) in [5.41, 5.74) is 7.68. The van der Waals surface area contributed by atoms with Crippen LogP contribution in [0.3, 0.4) is 0 Å². The standard InChI is InChI=1S/C28H35N5O3/c1-17-12-30-26-22(17)10-20(13-31-26)19-8-18-4-6-32(27(35)33-14-21(34)11-28(33,2)3)15-24(18)23(9-19)25-16-36-7-5-29-25/h8-10,12-13,21,25,29,34H,4-7,11,14-16H2,1-3H3,(H,30,31)/t21?,25-/m0/s1. The van der Waals surface area contributed by atoms with Crippen LogP contribution in [0.5, 0.6) is 0 Å². The number of aliphatic hydroxyl groups is 1. The second kappa shape index (κ2) is 8.87. The summed E-state index contributed by atoms with van der Waals surface area (Å²) < 4.78 is 5.84. The Labute approximate surface area is 211 Å². The molecule has 2 atom stereocenters. The van der Waals surface area contributed by atoms with Gasteiger partial charge in [0.1, 0.15) is 5.65 Å². The highest BCUT2D eigenvalue weighted by molar-refractivity contribution is 5.85. The molecule has 0 aliphatic carbocycles. The number of rotatable bonds is 2. The van der Waals surface area contributed by atoms with Gasteiger partial charge in [-0.25, -0.2) is 9.78 Å². The van der Waals surface area contributed by atoms with Crippen molar-refractivity contribution in [2.24, 2.45) is 0 Å². The van der Waals surface area contributed by atoms with Crippen LogP contribution in [0.4, 0.5) is 4.79 Å². The Morgan fingerprint density at radius 3 is 2.86 bits per heavy atom. The van der Waals surface area contributed by atoms with Gasteiger partial charge >= 0.3 is 6.03 Å². The molecule has 2 fully saturated rings. The number of H-pyrrole nitrogens is 1. The molecule has 190 valence electrons. The van der Waals surface area contributed by atoms with Crippen LogP contribution in [-0.4, -0.2) is 75.4 Å². The lowest BCUT2D eigenvalue weighted by Gasteiger charge is -2.39. The minimum absolute atomic E-state index is 0.0164. The number of nitrogens with one attached hydrogen (secondary N) is 2. The number of likely N-dealkylation sites (tertiary alicyclic amines) is 1. The molecule has 3 aliphatic heterocycles. The predicted molar refractivity (Wildman–Crippen MR) is 139 cm³/mol. The van der Waals surface area contributed by atoms with E-state index in [0.29, 0.717) is 39.3 Å². The Morgan fingerprint density at radius 2 is 2.11 bits per heavy atom. The summed E-state index contributed by atoms with van der Waals surface area (Å²) in [7, 11) is 0. The Hall–Kier alpha value is -2.94. The first-order chi connectivity index (χ1) is 17.3. The Kier molecular flexibility index (Phi) is 5.78. The topological polar surface area (TPSA) is 93.7 Å². The van der Waals surface area contributed by atoms with Gasteiger partial charge in [-0.05, 0) is 73.6 Å². The van der Waals surface area contributed by atoms with E-state index < -0.39 is 6.10 Å². The van der Waals surface area contributed by atoms with Gasteiger partial charge in [0.25, 0.3) is 0 Å². The van der Waals surface area contributed by atoms with E-state index in [0.717, 1.165) is 35.1 Å². The van der Waals surface area contributed by atoms with Gasteiger partial charge in [-0.1, -0.05) is 6.07 Å². The molecule has 0 saturated carbocycles. The van der Waals surface area contributed by atoms with Crippen molar-refractivity contribution in [2.75, 3.05) is 32.8 Å². The summed E-state index contributed by atoms with van der Waals surface area (Å²) >= 11 is 0. The Morgan fingerprint density at radius 1 is 1.25 bits per heavy atom. The maximum atomic E-state index is 13.6. The first-order valence-corrected chi connectivity index (χ1v) is 13.0. The molecule has 8 heteroatoms. The van der Waals surface area contributed by atoms with Gasteiger partial charge in [-0.3, -0.25) is 0 Å². The number of amides is 2. The number of urea groups is 1. The number of β-amino-alcohol motifs (C(OH)–C–C–N with tert-alkyl or cyclic N) is 1. The highest BCUT2D eigenvalue weighted by Crippen LogP contribution is 2.36. The van der Waals surface area contributed by atoms with Crippen LogP contribution in [0.15, 0.2) is 30.6 Å². The molecular formula is C28H35N5O3. The summed E-state index contributed by atoms with van der Waals surface area (Å²) in [5, 5.41) is 15.0. The minimum Gasteiger partial charge on any atom is -0.391 e. The van der Waals surface area contributed by atoms with E-state index >= 15 is 0 Å². The molecule has 1 aromatic carbocycles. The summed E-state index contributed by atoms with van der Waals surface area (Å²) in [6, 6.07) is 6.84. The van der Waals surface area contributed by atoms with Crippen molar-refractivity contribution in [3.8, 4) is 11.1 Å². The van der Waals surface area contributed by atoms with E-state index in [1.165, 1.54) is 22.3 Å². The number of aromatic nitrogens is 2. The summed E-state index contributed by atoms with van der Waals surface area (Å²) in [4.78, 5) is 25.3. The molecule has 6 rings (SSSR count). The van der Waals surface area contributed by atoms with Crippen LogP contribution >= 0.6 is 0 Å². The molecule has 5 heterocycles. The number of hydrogen-bond acceptors (Lipinski definition) is 5. The maximum absolute atomic E-state index is 13.6. The highest BCUT2D eigenvalue weighted by Gasteiger charge is 2.42. The van der Waals surface area contributed by atoms with E-state index in [9.17, 15) is 9.90 Å². The quantitative estimate of drug-likeness (QED) is 0.512. The zero-order valence-electron chi connectivity index (χ0n) is 21.3. The number of carbonyl (C=O) groups excluding carboxylic acids is 1. The van der Waals surface area contributed by atoms with Gasteiger partial charge in [0.15, 0.2) is 0 Å². The lowest BCUT2D eigenvalue weighted by molar-refractivity contribution is 0.0760. The van der Waals surface area contributed by atoms with Gasteiger partial charge in [-0.2, -0.15) is 0 Å². The first kappa shape index (κ1) is 23.5. The zero-order valence-corrected chi connectivity index (χ0v) is 21.3. The van der Waals surface area contributed by atoms with Crippen LogP contribution in [0.1, 0.15) is 48.6 Å². The molecule has 2 amide bonds. The summed E-state index contributed by atoms with van der Waals surface area (Å²) in [6.45, 7) is 9.94. The SMILES string of the molecule is Cc1c[nH]c2ncc(-c3cc4c(c([C@@H]5COCCN5)c3)CN(C(=O)N3CC(O)CC3(C)C)CC4)cc12. The van der Waals surface area contributed by atoms with Crippen LogP contribution in [0.25, 0.3) is 22.2 Å². The van der Waals surface area contributed by atoms with E-state index in [1.807, 2.05) is 36.0 Å². The normalized spacial score (nSPS) is 23.8. The molecule has 36 heavy (non-hydrogen) atoms. The number of hydrogen-bond donors (Lipinski definition) is 3. The average Bonchev–Trinajstić information content (AvgIpc) is 3.39. The highest BCUT2D eigenvalue weighted by atomic mass is 16.5. The summed E-state index contributed by atoms with van der Waals surface area (Å²) in [6.07, 6.45) is 4.88. The van der Waals surface area contributed by atoms with Gasteiger partial charge < -0.3 is 29.9 Å². The number of carbonyl (C=O) groups is 1. The van der Waals surface area contributed by atoms with E-state index in [1.54, 1.807) is 0 Å². The number of fused-ring (bicyclic) bond motifs is 2. The third kappa shape index (κ3) is 4.07. The van der Waals surface area contributed by atoms with Crippen molar-refractivity contribution < 1.29 is 14.6 Å². The van der Waals surface area contributed by atoms with Crippen LogP contribution in [0, 0.1) is 6.92 Å². The third-order valence-electron chi connectivity index (χ3n) is 8.11. The van der Waals surface area contributed by atoms with Gasteiger partial charge in [-0.15, -0.1) is 0 Å². The second-order valence-corrected chi connectivity index (χ2v) is 11.1. The van der Waals surface area contributed by atoms with E-state index in [2.05, 4.69) is 40.4 Å². The lowest BCUT2D eigenvalue weighted by Crippen LogP contribution is -2.51. The fraction of sp³-hybridized carbons (Fsp3) is 0.500. The molecule has 0 spiro atoms. The number of morpholine rings is 1. The number of pyridine rings is 1. The molecular weight excluding hydrogens is 454 g/mol. The van der Waals surface area contributed by atoms with Crippen molar-refractivity contribution in [1.29, 1.82) is 0 Å². The Bertz CT molecular complexity index is 1310. The monoisotopic (exact) mass is 489 g/mol. The smallest absolute Gasteiger partial charge is 0.320 e. The van der Waals surface area contributed by atoms with E-state index in [4.69, 9.17) is 4.74 Å². The predicted octanol–water partition coefficient (Wildman–Crippen LogP) is 3.52. The zero-order chi connectivity index (χ0) is 25.0. The third-order valence-corrected chi connectivity index (χ3v) is 8.11. The molecule has 2 saturated heterocycles. The number of aromatic amines is 1. The second-order valence-electron chi connectivity index (χ2n) is 11.1. The number of aliphatic hydroxyl groups excluding tert-OH is 1. The van der Waals surface area contributed by atoms with Crippen LogP contribution < -0.4 is 5.32 Å². The minimum atomic E-state index is -0.461. The molecule has 8 nitrogen and oxygen atoms in total. The average molecular weight is 490 g/mol. The fourth-order valence-electron chi connectivity index (χ4n) is 6.11. The Balaban J connectivity index is 1.37. The van der Waals surface area contributed by atoms with Crippen molar-refractivity contribution in [1.82, 2.24) is 25.1 Å². The van der Waals surface area contributed by atoms with Crippen molar-refractivity contribution in [3.05, 3.63) is 52.8 Å². The maximum Gasteiger partial charge on any atom is 0.320 e. The summed E-state index contributed by atoms with van der Waals surface area (Å²) in [5.74, 6) is 0. The van der Waals surface area contributed by atoms with Crippen LogP contribution in [-0.2, 0) is 17.7 Å². The van der Waals surface area contributed by atoms with Crippen molar-refractivity contribution >= 4 is 17.1 Å². The molecule has 0 radical (unpaired) electrons. The van der Waals surface area contributed by atoms with Gasteiger partial charge in [0.2, 0.25) is 0 Å². The number of nitrogens with zero attached hydrogens (tertiary/aromatic N) is 3. The van der Waals surface area contributed by atoms with E-state index in [-0.39, 0.29) is 17.6 Å². The largest absolute Gasteiger partial charge is 0.391 e. The number of benzene rings is 1. The molecule has 3 aliphatic rings. The number of aryl methyl sites for hydroxylation is 1. The van der Waals surface area contributed by atoms with Crippen LogP contribution in [0.2, 0.25) is 0 Å². The molecule has 0 bridgehead atoms. The van der Waals surface area contributed by atoms with Gasteiger partial charge in [0.05, 0.1) is 25.4 Å². The molecule has 3 aromatic rings.